The summed E-state index contributed by atoms with van der Waals surface area (Å²) in [5.41, 5.74) is 0.729. The molecule has 7 heteroatoms. The number of nitrogens with zero attached hydrogens (tertiary/aromatic N) is 1. The topological polar surface area (TPSA) is 70.8 Å². The summed E-state index contributed by atoms with van der Waals surface area (Å²) in [6.45, 7) is 1.08. The van der Waals surface area contributed by atoms with Crippen molar-refractivity contribution in [1.82, 2.24) is 0 Å². The third-order valence-corrected chi connectivity index (χ3v) is 3.96. The maximum atomic E-state index is 10.8. The van der Waals surface area contributed by atoms with E-state index in [-0.39, 0.29) is 17.8 Å². The number of ether oxygens (including phenoxy) is 3. The molecule has 1 aliphatic rings. The molecule has 2 unspecified atom stereocenters. The Kier molecular flexibility index (Phi) is 8.70. The van der Waals surface area contributed by atoms with Gasteiger partial charge in [0.25, 0.3) is 0 Å². The summed E-state index contributed by atoms with van der Waals surface area (Å²) >= 11 is 5.84. The summed E-state index contributed by atoms with van der Waals surface area (Å²) in [6.07, 6.45) is 2.84. The van der Waals surface area contributed by atoms with Crippen LogP contribution in [-0.2, 0) is 14.2 Å². The summed E-state index contributed by atoms with van der Waals surface area (Å²) < 4.78 is 16.6. The first kappa shape index (κ1) is 19.7. The van der Waals surface area contributed by atoms with Crippen LogP contribution in [0.1, 0.15) is 37.4 Å². The van der Waals surface area contributed by atoms with Crippen LogP contribution in [0.25, 0.3) is 0 Å². The monoisotopic (exact) mass is 367 g/mol. The Labute approximate surface area is 152 Å². The van der Waals surface area contributed by atoms with Crippen molar-refractivity contribution in [1.29, 1.82) is 0 Å². The number of benzene rings is 1. The highest BCUT2D eigenvalue weighted by molar-refractivity contribution is 6.30. The first-order valence-electron chi connectivity index (χ1n) is 8.33. The lowest BCUT2D eigenvalue weighted by Crippen LogP contribution is -2.22. The molecule has 0 spiro atoms. The van der Waals surface area contributed by atoms with Gasteiger partial charge in [-0.3, -0.25) is 10.1 Å². The molecule has 136 valence electrons. The van der Waals surface area contributed by atoms with E-state index in [1.54, 1.807) is 24.3 Å². The molecule has 0 saturated carbocycles. The molecule has 1 heterocycles. The van der Waals surface area contributed by atoms with Gasteiger partial charge in [0.05, 0.1) is 6.61 Å². The van der Waals surface area contributed by atoms with Gasteiger partial charge in [-0.1, -0.05) is 35.6 Å². The van der Waals surface area contributed by atoms with Gasteiger partial charge < -0.3 is 14.2 Å². The lowest BCUT2D eigenvalue weighted by Gasteiger charge is -2.21. The van der Waals surface area contributed by atoms with Gasteiger partial charge in [-0.25, -0.2) is 0 Å². The fourth-order valence-corrected chi connectivity index (χ4v) is 2.56. The lowest BCUT2D eigenvalue weighted by atomic mass is 10.1. The van der Waals surface area contributed by atoms with Crippen molar-refractivity contribution in [2.75, 3.05) is 26.4 Å². The third kappa shape index (κ3) is 7.84. The fraction of sp³-hybridized carbons (Fsp3) is 0.556. The molecular formula is C18H22ClNO5. The quantitative estimate of drug-likeness (QED) is 0.304. The summed E-state index contributed by atoms with van der Waals surface area (Å²) in [5, 5.41) is 11.4. The Bertz CT molecular complexity index is 590. The molecule has 1 saturated heterocycles. The first-order chi connectivity index (χ1) is 12.1. The standard InChI is InChI=1S/C18H22ClNO5/c19-16-9-7-15(8-10-16)17(14-20(21)22)23-11-3-1-4-12-24-18-6-2-5-13-25-18/h7-10,17-18H,2-3,5-6,11-14H2. The van der Waals surface area contributed by atoms with Crippen LogP contribution in [-0.4, -0.2) is 37.6 Å². The van der Waals surface area contributed by atoms with Gasteiger partial charge >= 0.3 is 0 Å². The molecule has 1 fully saturated rings. The largest absolute Gasteiger partial charge is 0.366 e. The van der Waals surface area contributed by atoms with Crippen molar-refractivity contribution in [3.8, 4) is 11.8 Å². The fourth-order valence-electron chi connectivity index (χ4n) is 2.44. The number of hydrogen-bond acceptors (Lipinski definition) is 5. The van der Waals surface area contributed by atoms with E-state index in [9.17, 15) is 10.1 Å². The second-order valence-corrected chi connectivity index (χ2v) is 6.07. The van der Waals surface area contributed by atoms with Gasteiger partial charge in [0, 0.05) is 23.0 Å². The average Bonchev–Trinajstić information content (AvgIpc) is 2.61. The third-order valence-electron chi connectivity index (χ3n) is 3.71. The van der Waals surface area contributed by atoms with E-state index in [2.05, 4.69) is 11.8 Å². The van der Waals surface area contributed by atoms with Gasteiger partial charge in [0.2, 0.25) is 6.54 Å². The molecule has 0 N–H and O–H groups in total. The molecule has 0 radical (unpaired) electrons. The minimum absolute atomic E-state index is 0.145. The molecule has 6 nitrogen and oxygen atoms in total. The van der Waals surface area contributed by atoms with Gasteiger partial charge in [-0.15, -0.1) is 0 Å². The molecular weight excluding hydrogens is 346 g/mol. The molecule has 1 aromatic carbocycles. The maximum absolute atomic E-state index is 10.8. The Morgan fingerprint density at radius 3 is 2.80 bits per heavy atom. The van der Waals surface area contributed by atoms with Gasteiger partial charge in [-0.2, -0.15) is 0 Å². The van der Waals surface area contributed by atoms with Crippen LogP contribution in [0.4, 0.5) is 0 Å². The molecule has 0 bridgehead atoms. The SMILES string of the molecule is O=[N+]([O-])CC(OCCC#CCOC1CCCCO1)c1ccc(Cl)cc1. The number of rotatable bonds is 8. The molecule has 2 rings (SSSR count). The van der Waals surface area contributed by atoms with Crippen LogP contribution in [0.15, 0.2) is 24.3 Å². The molecule has 25 heavy (non-hydrogen) atoms. The second kappa shape index (κ2) is 11.1. The summed E-state index contributed by atoms with van der Waals surface area (Å²) in [7, 11) is 0. The van der Waals surface area contributed by atoms with E-state index in [4.69, 9.17) is 25.8 Å². The average molecular weight is 368 g/mol. The smallest absolute Gasteiger partial charge is 0.233 e. The van der Waals surface area contributed by atoms with Crippen LogP contribution in [0.5, 0.6) is 0 Å². The molecule has 0 aromatic heterocycles. The van der Waals surface area contributed by atoms with Crippen LogP contribution in [0.3, 0.4) is 0 Å². The molecule has 1 aromatic rings. The number of hydrogen-bond donors (Lipinski definition) is 0. The van der Waals surface area contributed by atoms with E-state index in [0.29, 0.717) is 24.7 Å². The normalized spacial score (nSPS) is 18.2. The molecule has 0 aliphatic carbocycles. The van der Waals surface area contributed by atoms with Crippen molar-refractivity contribution >= 4 is 11.6 Å². The molecule has 2 atom stereocenters. The highest BCUT2D eigenvalue weighted by Gasteiger charge is 2.18. The first-order valence-corrected chi connectivity index (χ1v) is 8.71. The predicted molar refractivity (Wildman–Crippen MR) is 93.9 cm³/mol. The van der Waals surface area contributed by atoms with Crippen molar-refractivity contribution in [3.63, 3.8) is 0 Å². The van der Waals surface area contributed by atoms with Crippen molar-refractivity contribution in [2.24, 2.45) is 0 Å². The lowest BCUT2D eigenvalue weighted by molar-refractivity contribution is -0.492. The van der Waals surface area contributed by atoms with Crippen LogP contribution >= 0.6 is 11.6 Å². The van der Waals surface area contributed by atoms with Gasteiger partial charge in [-0.05, 0) is 37.0 Å². The maximum Gasteiger partial charge on any atom is 0.233 e. The highest BCUT2D eigenvalue weighted by Crippen LogP contribution is 2.20. The van der Waals surface area contributed by atoms with Crippen LogP contribution in [0.2, 0.25) is 5.02 Å². The van der Waals surface area contributed by atoms with Crippen LogP contribution in [0, 0.1) is 22.0 Å². The number of halogens is 1. The van der Waals surface area contributed by atoms with E-state index in [1.165, 1.54) is 0 Å². The summed E-state index contributed by atoms with van der Waals surface area (Å²) in [4.78, 5) is 10.4. The molecule has 1 aliphatic heterocycles. The number of nitro groups is 1. The van der Waals surface area contributed by atoms with Crippen LogP contribution < -0.4 is 0 Å². The zero-order valence-corrected chi connectivity index (χ0v) is 14.7. The highest BCUT2D eigenvalue weighted by atomic mass is 35.5. The summed E-state index contributed by atoms with van der Waals surface area (Å²) in [6, 6.07) is 6.86. The Morgan fingerprint density at radius 2 is 2.12 bits per heavy atom. The Morgan fingerprint density at radius 1 is 1.32 bits per heavy atom. The van der Waals surface area contributed by atoms with Gasteiger partial charge in [0.15, 0.2) is 6.29 Å². The zero-order chi connectivity index (χ0) is 17.9. The molecule has 0 amide bonds. The minimum Gasteiger partial charge on any atom is -0.366 e. The van der Waals surface area contributed by atoms with Crippen molar-refractivity contribution < 1.29 is 19.1 Å². The van der Waals surface area contributed by atoms with Crippen molar-refractivity contribution in [2.45, 2.75) is 38.1 Å². The predicted octanol–water partition coefficient (Wildman–Crippen LogP) is 3.61. The minimum atomic E-state index is -0.610. The van der Waals surface area contributed by atoms with E-state index in [1.807, 2.05) is 0 Å². The Balaban J connectivity index is 1.70. The van der Waals surface area contributed by atoms with E-state index >= 15 is 0 Å². The van der Waals surface area contributed by atoms with E-state index < -0.39 is 6.10 Å². The van der Waals surface area contributed by atoms with Gasteiger partial charge in [0.1, 0.15) is 12.7 Å². The zero-order valence-electron chi connectivity index (χ0n) is 14.0. The second-order valence-electron chi connectivity index (χ2n) is 5.64. The van der Waals surface area contributed by atoms with E-state index in [0.717, 1.165) is 31.4 Å². The summed E-state index contributed by atoms with van der Waals surface area (Å²) in [5.74, 6) is 5.86. The Hall–Kier alpha value is -1.65. The van der Waals surface area contributed by atoms with Crippen molar-refractivity contribution in [3.05, 3.63) is 45.0 Å².